The van der Waals surface area contributed by atoms with Gasteiger partial charge in [0.25, 0.3) is 0 Å². The Morgan fingerprint density at radius 1 is 1.07 bits per heavy atom. The Morgan fingerprint density at radius 3 is 1.57 bits per heavy atom. The Morgan fingerprint density at radius 2 is 1.36 bits per heavy atom. The first kappa shape index (κ1) is 16.4. The van der Waals surface area contributed by atoms with Gasteiger partial charge < -0.3 is 14.2 Å². The van der Waals surface area contributed by atoms with Gasteiger partial charge in [-0.2, -0.15) is 0 Å². The van der Waals surface area contributed by atoms with Crippen molar-refractivity contribution >= 4 is 7.91 Å². The summed E-state index contributed by atoms with van der Waals surface area (Å²) in [5.41, 5.74) is 0. The summed E-state index contributed by atoms with van der Waals surface area (Å²) in [5, 5.41) is 0. The average Bonchev–Trinajstić information content (AvgIpc) is 2.01. The minimum absolute atomic E-state index is 0.653. The zero-order valence-corrected chi connectivity index (χ0v) is 9.08. The number of rotatable bonds is 6. The molecular formula is C6H16FO6P. The van der Waals surface area contributed by atoms with Crippen LogP contribution in [0.3, 0.4) is 0 Å². The quantitative estimate of drug-likeness (QED) is 0.509. The van der Waals surface area contributed by atoms with Crippen molar-refractivity contribution in [3.8, 4) is 0 Å². The summed E-state index contributed by atoms with van der Waals surface area (Å²) in [6.07, 6.45) is 0. The van der Waals surface area contributed by atoms with Crippen molar-refractivity contribution in [2.75, 3.05) is 40.6 Å². The van der Waals surface area contributed by atoms with Crippen molar-refractivity contribution in [1.29, 1.82) is 0 Å². The number of hydrogen-bond donors (Lipinski definition) is 2. The largest absolute Gasteiger partial charge is 0.507 e. The van der Waals surface area contributed by atoms with Crippen molar-refractivity contribution in [3.63, 3.8) is 0 Å². The van der Waals surface area contributed by atoms with Crippen LogP contribution in [0.1, 0.15) is 0 Å². The number of halogens is 1. The van der Waals surface area contributed by atoms with Gasteiger partial charge in [-0.05, 0) is 0 Å². The van der Waals surface area contributed by atoms with E-state index in [1.165, 1.54) is 0 Å². The standard InChI is InChI=1S/C6H14O3.FH2O3P/c1-7-3-5-9-6-4-8-2;1-5(2,3)4/h3-6H2,1-2H3;(H2,2,3,4). The fourth-order valence-corrected chi connectivity index (χ4v) is 0.387. The highest BCUT2D eigenvalue weighted by Gasteiger charge is 2.04. The van der Waals surface area contributed by atoms with Gasteiger partial charge in [0.05, 0.1) is 26.4 Å². The Bertz CT molecular complexity index is 135. The van der Waals surface area contributed by atoms with Gasteiger partial charge in [-0.15, -0.1) is 4.20 Å². The van der Waals surface area contributed by atoms with Gasteiger partial charge in [-0.1, -0.05) is 0 Å². The molecule has 0 spiro atoms. The van der Waals surface area contributed by atoms with E-state index >= 15 is 0 Å². The van der Waals surface area contributed by atoms with Crippen LogP contribution in [-0.2, 0) is 18.8 Å². The molecule has 0 radical (unpaired) electrons. The molecule has 0 atom stereocenters. The highest BCUT2D eigenvalue weighted by Crippen LogP contribution is 2.34. The molecule has 0 aromatic rings. The number of methoxy groups -OCH3 is 2. The topological polar surface area (TPSA) is 85.2 Å². The van der Waals surface area contributed by atoms with Gasteiger partial charge >= 0.3 is 7.91 Å². The summed E-state index contributed by atoms with van der Waals surface area (Å²) in [5.74, 6) is 0. The molecule has 0 saturated carbocycles. The van der Waals surface area contributed by atoms with Crippen LogP contribution in [0.25, 0.3) is 0 Å². The van der Waals surface area contributed by atoms with E-state index < -0.39 is 7.91 Å². The molecule has 0 aromatic heterocycles. The molecule has 0 saturated heterocycles. The highest BCUT2D eigenvalue weighted by molar-refractivity contribution is 7.45. The van der Waals surface area contributed by atoms with E-state index in [2.05, 4.69) is 0 Å². The van der Waals surface area contributed by atoms with Crippen LogP contribution in [0.2, 0.25) is 0 Å². The van der Waals surface area contributed by atoms with E-state index in [0.29, 0.717) is 26.4 Å². The maximum absolute atomic E-state index is 10.4. The summed E-state index contributed by atoms with van der Waals surface area (Å²) < 4.78 is 33.6. The summed E-state index contributed by atoms with van der Waals surface area (Å²) >= 11 is 0. The molecule has 2 N–H and O–H groups in total. The molecule has 88 valence electrons. The van der Waals surface area contributed by atoms with Gasteiger partial charge in [0.1, 0.15) is 0 Å². The van der Waals surface area contributed by atoms with Crippen LogP contribution in [0.15, 0.2) is 0 Å². The number of ether oxygens (including phenoxy) is 3. The first-order chi connectivity index (χ1) is 6.41. The lowest BCUT2D eigenvalue weighted by Gasteiger charge is -2.00. The minimum Gasteiger partial charge on any atom is -0.382 e. The van der Waals surface area contributed by atoms with E-state index in [1.807, 2.05) is 0 Å². The van der Waals surface area contributed by atoms with Crippen molar-refractivity contribution in [2.24, 2.45) is 0 Å². The Kier molecular flexibility index (Phi) is 12.9. The molecule has 0 fully saturated rings. The van der Waals surface area contributed by atoms with Crippen molar-refractivity contribution in [2.45, 2.75) is 0 Å². The third-order valence-corrected chi connectivity index (χ3v) is 0.864. The van der Waals surface area contributed by atoms with E-state index in [0.717, 1.165) is 0 Å². The molecule has 0 heterocycles. The van der Waals surface area contributed by atoms with Crippen LogP contribution in [-0.4, -0.2) is 50.4 Å². The van der Waals surface area contributed by atoms with Gasteiger partial charge in [0, 0.05) is 14.2 Å². The van der Waals surface area contributed by atoms with E-state index in [-0.39, 0.29) is 0 Å². The maximum Gasteiger partial charge on any atom is 0.507 e. The van der Waals surface area contributed by atoms with Crippen molar-refractivity contribution in [3.05, 3.63) is 0 Å². The monoisotopic (exact) mass is 234 g/mol. The van der Waals surface area contributed by atoms with Crippen LogP contribution in [0, 0.1) is 0 Å². The second-order valence-corrected chi connectivity index (χ2v) is 3.02. The fraction of sp³-hybridized carbons (Fsp3) is 1.00. The second kappa shape index (κ2) is 11.0. The van der Waals surface area contributed by atoms with E-state index in [1.54, 1.807) is 14.2 Å². The predicted molar refractivity (Wildman–Crippen MR) is 47.7 cm³/mol. The average molecular weight is 234 g/mol. The Labute approximate surface area is 82.2 Å². The third-order valence-electron chi connectivity index (χ3n) is 0.864. The predicted octanol–water partition coefficient (Wildman–Crippen LogP) is 0.344. The maximum atomic E-state index is 10.4. The summed E-state index contributed by atoms with van der Waals surface area (Å²) in [6, 6.07) is 0. The molecule has 0 bridgehead atoms. The van der Waals surface area contributed by atoms with Crippen molar-refractivity contribution < 1.29 is 32.8 Å². The first-order valence-electron chi connectivity index (χ1n) is 3.72. The third kappa shape index (κ3) is 40.4. The zero-order valence-electron chi connectivity index (χ0n) is 8.18. The highest BCUT2D eigenvalue weighted by atomic mass is 31.2. The van der Waals surface area contributed by atoms with E-state index in [4.69, 9.17) is 28.6 Å². The molecule has 0 unspecified atom stereocenters. The van der Waals surface area contributed by atoms with Gasteiger partial charge in [0.2, 0.25) is 0 Å². The van der Waals surface area contributed by atoms with Crippen LogP contribution < -0.4 is 0 Å². The van der Waals surface area contributed by atoms with Gasteiger partial charge in [0.15, 0.2) is 0 Å². The molecule has 0 aliphatic heterocycles. The van der Waals surface area contributed by atoms with E-state index in [9.17, 15) is 4.20 Å². The fourth-order valence-electron chi connectivity index (χ4n) is 0.387. The van der Waals surface area contributed by atoms with Gasteiger partial charge in [-0.25, -0.2) is 4.57 Å². The molecule has 0 aliphatic carbocycles. The normalized spacial score (nSPS) is 10.6. The molecule has 0 rings (SSSR count). The molecule has 14 heavy (non-hydrogen) atoms. The lowest BCUT2D eigenvalue weighted by atomic mass is 10.7. The minimum atomic E-state index is -5.14. The molecule has 0 aliphatic rings. The van der Waals surface area contributed by atoms with Crippen LogP contribution >= 0.6 is 7.91 Å². The summed E-state index contributed by atoms with van der Waals surface area (Å²) in [6.45, 7) is 2.62. The summed E-state index contributed by atoms with van der Waals surface area (Å²) in [7, 11) is -1.83. The van der Waals surface area contributed by atoms with Gasteiger partial charge in [-0.3, -0.25) is 9.79 Å². The molecule has 0 amide bonds. The molecule has 8 heteroatoms. The second-order valence-electron chi connectivity index (χ2n) is 2.07. The SMILES string of the molecule is COCCOCCOC.O=P(O)(O)F. The first-order valence-corrected chi connectivity index (χ1v) is 5.23. The Hall–Kier alpha value is -0.0400. The van der Waals surface area contributed by atoms with Crippen molar-refractivity contribution in [1.82, 2.24) is 0 Å². The lowest BCUT2D eigenvalue weighted by Crippen LogP contribution is -2.06. The molecule has 0 aromatic carbocycles. The molecular weight excluding hydrogens is 218 g/mol. The summed E-state index contributed by atoms with van der Waals surface area (Å²) in [4.78, 5) is 13.9. The zero-order chi connectivity index (χ0) is 11.4. The van der Waals surface area contributed by atoms with Crippen LogP contribution in [0.4, 0.5) is 4.20 Å². The lowest BCUT2D eigenvalue weighted by molar-refractivity contribution is 0.0385. The number of hydrogen-bond acceptors (Lipinski definition) is 4. The van der Waals surface area contributed by atoms with Crippen LogP contribution in [0.5, 0.6) is 0 Å². The smallest absolute Gasteiger partial charge is 0.382 e. The Balaban J connectivity index is 0. The molecule has 6 nitrogen and oxygen atoms in total.